The van der Waals surface area contributed by atoms with Crippen LogP contribution in [0.4, 0.5) is 0 Å². The molecular formula is C28H36NO+. The predicted octanol–water partition coefficient (Wildman–Crippen LogP) is 5.66. The van der Waals surface area contributed by atoms with Crippen LogP contribution in [0.25, 0.3) is 0 Å². The Hall–Kier alpha value is -2.08. The molecule has 1 aliphatic carbocycles. The van der Waals surface area contributed by atoms with Gasteiger partial charge >= 0.3 is 0 Å². The topological polar surface area (TPSA) is 20.2 Å². The zero-order chi connectivity index (χ0) is 20.9. The fraction of sp³-hybridized carbons (Fsp3) is 0.500. The lowest BCUT2D eigenvalue weighted by Gasteiger charge is -2.41. The molecule has 0 amide bonds. The summed E-state index contributed by atoms with van der Waals surface area (Å²) in [4.78, 5) is 0. The summed E-state index contributed by atoms with van der Waals surface area (Å²) < 4.78 is 1.03. The predicted molar refractivity (Wildman–Crippen MR) is 124 cm³/mol. The van der Waals surface area contributed by atoms with Crippen molar-refractivity contribution in [1.29, 1.82) is 0 Å². The molecule has 158 valence electrons. The lowest BCUT2D eigenvalue weighted by Crippen LogP contribution is -2.51. The van der Waals surface area contributed by atoms with Crippen LogP contribution in [0.1, 0.15) is 63.0 Å². The van der Waals surface area contributed by atoms with E-state index in [0.29, 0.717) is 0 Å². The Morgan fingerprint density at radius 3 is 2.10 bits per heavy atom. The van der Waals surface area contributed by atoms with Gasteiger partial charge in [0.05, 0.1) is 13.1 Å². The van der Waals surface area contributed by atoms with E-state index in [4.69, 9.17) is 0 Å². The van der Waals surface area contributed by atoms with Gasteiger partial charge in [-0.1, -0.05) is 86.3 Å². The van der Waals surface area contributed by atoms with Gasteiger partial charge in [0.2, 0.25) is 0 Å². The molecule has 1 N–H and O–H groups in total. The summed E-state index contributed by atoms with van der Waals surface area (Å²) in [5.41, 5.74) is 1.10. The van der Waals surface area contributed by atoms with Crippen LogP contribution in [0.5, 0.6) is 0 Å². The van der Waals surface area contributed by atoms with Crippen LogP contribution < -0.4 is 0 Å². The van der Waals surface area contributed by atoms with Crippen molar-refractivity contribution in [2.24, 2.45) is 5.41 Å². The molecule has 1 saturated heterocycles. The quantitative estimate of drug-likeness (QED) is 0.505. The van der Waals surface area contributed by atoms with Gasteiger partial charge < -0.3 is 9.59 Å². The van der Waals surface area contributed by atoms with Gasteiger partial charge in [-0.15, -0.1) is 0 Å². The van der Waals surface area contributed by atoms with Crippen LogP contribution in [-0.4, -0.2) is 29.2 Å². The maximum absolute atomic E-state index is 12.0. The molecule has 2 heteroatoms. The third kappa shape index (κ3) is 4.34. The number of benzene rings is 2. The van der Waals surface area contributed by atoms with Crippen molar-refractivity contribution < 1.29 is 9.59 Å². The summed E-state index contributed by atoms with van der Waals surface area (Å²) in [7, 11) is 0. The van der Waals surface area contributed by atoms with E-state index in [1.807, 2.05) is 30.3 Å². The fourth-order valence-corrected chi connectivity index (χ4v) is 5.63. The highest BCUT2D eigenvalue weighted by molar-refractivity contribution is 5.35. The first-order valence-electron chi connectivity index (χ1n) is 11.7. The number of nitrogens with zero attached hydrogens (tertiary/aromatic N) is 1. The maximum atomic E-state index is 12.0. The van der Waals surface area contributed by atoms with E-state index in [2.05, 4.69) is 49.1 Å². The lowest BCUT2D eigenvalue weighted by atomic mass is 9.68. The molecule has 0 unspecified atom stereocenters. The number of likely N-dealkylation sites (tertiary alicyclic amines) is 1. The van der Waals surface area contributed by atoms with Gasteiger partial charge in [0.15, 0.2) is 5.60 Å². The average Bonchev–Trinajstić information content (AvgIpc) is 3.24. The molecule has 30 heavy (non-hydrogen) atoms. The standard InChI is InChI=1S/C28H36NO/c1-27(18-9-10-19-27)28(30,26-16-7-3-8-17-26)20-13-23-29(21-11-4-12-22-29)24-25-14-5-2-6-15-25/h2-3,5-8,14-17,30H,4,9-12,18-19,21-24H2,1H3/q+1/t28-/m1/s1. The molecule has 2 nitrogen and oxygen atoms in total. The first-order chi connectivity index (χ1) is 14.6. The highest BCUT2D eigenvalue weighted by Gasteiger charge is 2.48. The molecule has 0 spiro atoms. The van der Waals surface area contributed by atoms with Crippen LogP contribution in [0.3, 0.4) is 0 Å². The van der Waals surface area contributed by atoms with Gasteiger partial charge in [-0.3, -0.25) is 0 Å². The molecule has 1 aliphatic heterocycles. The van der Waals surface area contributed by atoms with E-state index >= 15 is 0 Å². The van der Waals surface area contributed by atoms with E-state index in [1.165, 1.54) is 50.8 Å². The monoisotopic (exact) mass is 402 g/mol. The molecular weight excluding hydrogens is 366 g/mol. The number of rotatable bonds is 5. The second-order valence-corrected chi connectivity index (χ2v) is 9.80. The second kappa shape index (κ2) is 8.96. The Labute approximate surface area is 182 Å². The van der Waals surface area contributed by atoms with E-state index in [9.17, 15) is 5.11 Å². The number of hydrogen-bond acceptors (Lipinski definition) is 1. The Kier molecular flexibility index (Phi) is 6.32. The molecule has 1 atom stereocenters. The Morgan fingerprint density at radius 1 is 0.867 bits per heavy atom. The zero-order valence-electron chi connectivity index (χ0n) is 18.4. The van der Waals surface area contributed by atoms with Gasteiger partial charge in [0, 0.05) is 11.0 Å². The molecule has 4 rings (SSSR count). The van der Waals surface area contributed by atoms with Crippen LogP contribution in [-0.2, 0) is 12.1 Å². The highest BCUT2D eigenvalue weighted by atomic mass is 16.3. The molecule has 2 aliphatic rings. The maximum Gasteiger partial charge on any atom is 0.156 e. The fourth-order valence-electron chi connectivity index (χ4n) is 5.63. The van der Waals surface area contributed by atoms with Gasteiger partial charge in [-0.25, -0.2) is 0 Å². The first kappa shape index (κ1) is 21.2. The summed E-state index contributed by atoms with van der Waals surface area (Å²) in [5, 5.41) is 12.0. The van der Waals surface area contributed by atoms with Crippen LogP contribution in [0.2, 0.25) is 0 Å². The second-order valence-electron chi connectivity index (χ2n) is 9.80. The van der Waals surface area contributed by atoms with Gasteiger partial charge in [0.1, 0.15) is 13.1 Å². The molecule has 0 radical (unpaired) electrons. The Bertz CT molecular complexity index is 867. The van der Waals surface area contributed by atoms with Crippen molar-refractivity contribution >= 4 is 0 Å². The van der Waals surface area contributed by atoms with Crippen LogP contribution >= 0.6 is 0 Å². The van der Waals surface area contributed by atoms with Crippen molar-refractivity contribution in [1.82, 2.24) is 0 Å². The minimum Gasteiger partial charge on any atom is -0.373 e. The molecule has 1 saturated carbocycles. The van der Waals surface area contributed by atoms with E-state index in [-0.39, 0.29) is 5.41 Å². The van der Waals surface area contributed by atoms with Crippen molar-refractivity contribution in [3.63, 3.8) is 0 Å². The molecule has 2 fully saturated rings. The normalized spacial score (nSPS) is 21.9. The van der Waals surface area contributed by atoms with Gasteiger partial charge in [-0.2, -0.15) is 0 Å². The van der Waals surface area contributed by atoms with Crippen LogP contribution in [0.15, 0.2) is 60.7 Å². The van der Waals surface area contributed by atoms with Gasteiger partial charge in [-0.05, 0) is 43.6 Å². The molecule has 2 aromatic carbocycles. The van der Waals surface area contributed by atoms with Crippen LogP contribution in [0, 0.1) is 17.3 Å². The van der Waals surface area contributed by atoms with E-state index < -0.39 is 5.60 Å². The number of aliphatic hydroxyl groups is 1. The molecule has 1 heterocycles. The summed E-state index contributed by atoms with van der Waals surface area (Å²) in [6.07, 6.45) is 8.31. The highest BCUT2D eigenvalue weighted by Crippen LogP contribution is 2.50. The van der Waals surface area contributed by atoms with E-state index in [1.54, 1.807) is 0 Å². The number of quaternary nitrogens is 1. The first-order valence-corrected chi connectivity index (χ1v) is 11.7. The van der Waals surface area contributed by atoms with Crippen molar-refractivity contribution in [2.75, 3.05) is 19.6 Å². The zero-order valence-corrected chi connectivity index (χ0v) is 18.4. The third-order valence-corrected chi connectivity index (χ3v) is 7.58. The smallest absolute Gasteiger partial charge is 0.156 e. The Balaban J connectivity index is 1.62. The average molecular weight is 403 g/mol. The largest absolute Gasteiger partial charge is 0.373 e. The molecule has 0 bridgehead atoms. The van der Waals surface area contributed by atoms with Crippen molar-refractivity contribution in [3.8, 4) is 11.8 Å². The minimum absolute atomic E-state index is 0.173. The third-order valence-electron chi connectivity index (χ3n) is 7.58. The van der Waals surface area contributed by atoms with Crippen molar-refractivity contribution in [2.45, 2.75) is 64.0 Å². The lowest BCUT2D eigenvalue weighted by molar-refractivity contribution is -0.938. The minimum atomic E-state index is -1.07. The molecule has 0 aromatic heterocycles. The summed E-state index contributed by atoms with van der Waals surface area (Å²) in [6.45, 7) is 6.46. The summed E-state index contributed by atoms with van der Waals surface area (Å²) >= 11 is 0. The summed E-state index contributed by atoms with van der Waals surface area (Å²) in [5.74, 6) is 6.97. The SMILES string of the molecule is CC1([C@@](O)(C#CC[N+]2(Cc3ccccc3)CCCCC2)c2ccccc2)CCCC1. The van der Waals surface area contributed by atoms with Crippen molar-refractivity contribution in [3.05, 3.63) is 71.8 Å². The number of piperidine rings is 1. The Morgan fingerprint density at radius 2 is 1.47 bits per heavy atom. The van der Waals surface area contributed by atoms with E-state index in [0.717, 1.165) is 36.0 Å². The van der Waals surface area contributed by atoms with Gasteiger partial charge in [0.25, 0.3) is 0 Å². The summed E-state index contributed by atoms with van der Waals surface area (Å²) in [6, 6.07) is 21.0. The molecule has 2 aromatic rings. The number of hydrogen-bond donors (Lipinski definition) is 1.